The van der Waals surface area contributed by atoms with Gasteiger partial charge in [0.1, 0.15) is 5.75 Å². The molecule has 2 aliphatic heterocycles. The van der Waals surface area contributed by atoms with Gasteiger partial charge in [-0.15, -0.1) is 0 Å². The fraction of sp³-hybridized carbons (Fsp3) is 0.407. The minimum Gasteiger partial charge on any atom is -0.478 e. The van der Waals surface area contributed by atoms with E-state index in [0.29, 0.717) is 16.7 Å². The molecule has 0 radical (unpaired) electrons. The van der Waals surface area contributed by atoms with Crippen molar-refractivity contribution in [2.45, 2.75) is 29.3 Å². The third-order valence-electron chi connectivity index (χ3n) is 7.39. The van der Waals surface area contributed by atoms with Crippen LogP contribution in [0.15, 0.2) is 48.5 Å². The number of benzene rings is 2. The fourth-order valence-electron chi connectivity index (χ4n) is 5.17. The van der Waals surface area contributed by atoms with Gasteiger partial charge >= 0.3 is 17.9 Å². The highest BCUT2D eigenvalue weighted by molar-refractivity contribution is 7.98. The van der Waals surface area contributed by atoms with Gasteiger partial charge in [-0.25, -0.2) is 14.4 Å². The molecule has 4 atom stereocenters. The van der Waals surface area contributed by atoms with Crippen LogP contribution in [0, 0.1) is 0 Å². The Hall–Kier alpha value is -3.14. The lowest BCUT2D eigenvalue weighted by Gasteiger charge is -2.48. The average Bonchev–Trinajstić information content (AvgIpc) is 3.28. The number of nitrogens with zero attached hydrogens (tertiary/aromatic N) is 2. The number of hydrogen-bond donors (Lipinski definition) is 3. The van der Waals surface area contributed by atoms with Gasteiger partial charge in [0.25, 0.3) is 5.72 Å². The number of likely N-dealkylation sites (N-methyl/N-ethyl adjacent to an activating group) is 1. The Bertz CT molecular complexity index is 1360. The molecule has 0 amide bonds. The highest BCUT2D eigenvalue weighted by atomic mass is 32.2. The summed E-state index contributed by atoms with van der Waals surface area (Å²) in [5, 5.41) is 9.84. The lowest BCUT2D eigenvalue weighted by molar-refractivity contribution is -0.358. The van der Waals surface area contributed by atoms with Crippen molar-refractivity contribution in [3.8, 4) is 5.75 Å². The van der Waals surface area contributed by atoms with E-state index in [0.717, 1.165) is 0 Å². The van der Waals surface area contributed by atoms with Crippen LogP contribution in [0.2, 0.25) is 0 Å². The van der Waals surface area contributed by atoms with E-state index in [9.17, 15) is 19.2 Å². The lowest BCUT2D eigenvalue weighted by atomic mass is 9.70. The van der Waals surface area contributed by atoms with Crippen molar-refractivity contribution in [1.82, 2.24) is 10.1 Å². The summed E-state index contributed by atoms with van der Waals surface area (Å²) in [6.07, 6.45) is 3.73. The van der Waals surface area contributed by atoms with Gasteiger partial charge in [-0.3, -0.25) is 4.79 Å². The first-order chi connectivity index (χ1) is 19.4. The van der Waals surface area contributed by atoms with Crippen LogP contribution in [-0.4, -0.2) is 99.9 Å². The van der Waals surface area contributed by atoms with Crippen molar-refractivity contribution in [2.75, 3.05) is 38.1 Å². The molecule has 2 aromatic rings. The summed E-state index contributed by atoms with van der Waals surface area (Å²) in [7, 11) is 3.48. The predicted octanol–water partition coefficient (Wildman–Crippen LogP) is 1.38. The third-order valence-corrected chi connectivity index (χ3v) is 8.65. The first kappa shape index (κ1) is 30.8. The number of carbonyl (C=O) groups excluding carboxylic acids is 3. The molecule has 41 heavy (non-hydrogen) atoms. The molecular weight excluding hydrogens is 572 g/mol. The van der Waals surface area contributed by atoms with E-state index >= 15 is 0 Å². The Morgan fingerprint density at radius 2 is 1.63 bits per heavy atom. The minimum absolute atomic E-state index is 0.0348. The SMILES string of the molecule is CSCCC1(N)C(=O)ON2OC(=O)C(N)(C(CSC)N(C)C)C21Oc1cccc(C(=O)c2ccc(C(=O)O)cc2)c1. The van der Waals surface area contributed by atoms with E-state index in [-0.39, 0.29) is 28.9 Å². The number of fused-ring (bicyclic) bond motifs is 1. The summed E-state index contributed by atoms with van der Waals surface area (Å²) in [5.41, 5.74) is 8.23. The number of ether oxygens (including phenoxy) is 1. The van der Waals surface area contributed by atoms with Gasteiger partial charge in [-0.05, 0) is 63.0 Å². The zero-order valence-corrected chi connectivity index (χ0v) is 24.6. The summed E-state index contributed by atoms with van der Waals surface area (Å²) >= 11 is 2.87. The number of thioether (sulfide) groups is 2. The smallest absolute Gasteiger partial charge is 0.356 e. The second kappa shape index (κ2) is 11.6. The Labute approximate surface area is 245 Å². The normalized spacial score (nSPS) is 26.4. The van der Waals surface area contributed by atoms with Crippen LogP contribution in [-0.2, 0) is 19.3 Å². The number of ketones is 1. The number of carboxylic acids is 1. The van der Waals surface area contributed by atoms with Crippen molar-refractivity contribution in [2.24, 2.45) is 11.5 Å². The topological polar surface area (TPSA) is 175 Å². The van der Waals surface area contributed by atoms with E-state index in [1.807, 2.05) is 12.5 Å². The van der Waals surface area contributed by atoms with Crippen molar-refractivity contribution in [3.63, 3.8) is 0 Å². The minimum atomic E-state index is -2.15. The summed E-state index contributed by atoms with van der Waals surface area (Å²) in [6.45, 7) is 0. The maximum atomic E-state index is 13.6. The highest BCUT2D eigenvalue weighted by Crippen LogP contribution is 2.52. The van der Waals surface area contributed by atoms with Gasteiger partial charge in [-0.1, -0.05) is 24.3 Å². The molecule has 0 bridgehead atoms. The molecule has 220 valence electrons. The molecule has 0 aromatic heterocycles. The first-order valence-electron chi connectivity index (χ1n) is 12.5. The Morgan fingerprint density at radius 3 is 2.22 bits per heavy atom. The molecule has 2 saturated heterocycles. The second-order valence-electron chi connectivity index (χ2n) is 10.0. The van der Waals surface area contributed by atoms with E-state index in [2.05, 4.69) is 0 Å². The van der Waals surface area contributed by atoms with Gasteiger partial charge in [0.15, 0.2) is 16.9 Å². The van der Waals surface area contributed by atoms with Crippen molar-refractivity contribution >= 4 is 47.2 Å². The molecule has 0 spiro atoms. The van der Waals surface area contributed by atoms with Gasteiger partial charge in [0.2, 0.25) is 0 Å². The largest absolute Gasteiger partial charge is 0.478 e. The molecule has 0 saturated carbocycles. The Morgan fingerprint density at radius 1 is 1.00 bits per heavy atom. The van der Waals surface area contributed by atoms with Gasteiger partial charge in [0, 0.05) is 16.9 Å². The Balaban J connectivity index is 1.84. The van der Waals surface area contributed by atoms with Crippen LogP contribution in [0.4, 0.5) is 0 Å². The van der Waals surface area contributed by atoms with Crippen LogP contribution in [0.3, 0.4) is 0 Å². The number of hydroxylamine groups is 2. The predicted molar refractivity (Wildman–Crippen MR) is 153 cm³/mol. The maximum absolute atomic E-state index is 13.6. The first-order valence-corrected chi connectivity index (χ1v) is 15.3. The fourth-order valence-corrected chi connectivity index (χ4v) is 6.57. The molecule has 2 aliphatic rings. The molecule has 4 unspecified atom stereocenters. The van der Waals surface area contributed by atoms with Gasteiger partial charge < -0.3 is 35.9 Å². The quantitative estimate of drug-likeness (QED) is 0.296. The molecule has 5 N–H and O–H groups in total. The van der Waals surface area contributed by atoms with Crippen LogP contribution in [0.25, 0.3) is 0 Å². The van der Waals surface area contributed by atoms with Crippen LogP contribution >= 0.6 is 23.5 Å². The highest BCUT2D eigenvalue weighted by Gasteiger charge is 2.86. The van der Waals surface area contributed by atoms with E-state index in [1.54, 1.807) is 31.1 Å². The molecule has 2 aromatic carbocycles. The monoisotopic (exact) mass is 604 g/mol. The molecule has 4 rings (SSSR count). The molecule has 0 aliphatic carbocycles. The number of rotatable bonds is 12. The van der Waals surface area contributed by atoms with Crippen molar-refractivity contribution < 1.29 is 38.7 Å². The lowest BCUT2D eigenvalue weighted by Crippen LogP contribution is -2.83. The summed E-state index contributed by atoms with van der Waals surface area (Å²) < 4.78 is 6.52. The molecule has 12 nitrogen and oxygen atoms in total. The Kier molecular flexibility index (Phi) is 8.73. The van der Waals surface area contributed by atoms with Gasteiger partial charge in [0.05, 0.1) is 16.8 Å². The van der Waals surface area contributed by atoms with Crippen LogP contribution in [0.5, 0.6) is 5.75 Å². The second-order valence-corrected chi connectivity index (χ2v) is 11.9. The number of hydrogen-bond acceptors (Lipinski definition) is 13. The van der Waals surface area contributed by atoms with E-state index in [1.165, 1.54) is 59.9 Å². The maximum Gasteiger partial charge on any atom is 0.356 e. The number of aromatic carboxylic acids is 1. The van der Waals surface area contributed by atoms with Gasteiger partial charge in [-0.2, -0.15) is 23.5 Å². The molecular formula is C27H32N4O8S2. The van der Waals surface area contributed by atoms with E-state index in [4.69, 9.17) is 31.0 Å². The third kappa shape index (κ3) is 4.87. The summed E-state index contributed by atoms with van der Waals surface area (Å²) in [6, 6.07) is 10.9. The van der Waals surface area contributed by atoms with Crippen LogP contribution in [0.1, 0.15) is 32.7 Å². The molecule has 14 heteroatoms. The van der Waals surface area contributed by atoms with Crippen LogP contribution < -0.4 is 16.2 Å². The summed E-state index contributed by atoms with van der Waals surface area (Å²) in [5.74, 6) is -2.43. The van der Waals surface area contributed by atoms with E-state index < -0.39 is 46.5 Å². The number of nitrogens with two attached hydrogens (primary N) is 2. The summed E-state index contributed by atoms with van der Waals surface area (Å²) in [4.78, 5) is 64.0. The molecule has 2 fully saturated rings. The zero-order chi connectivity index (χ0) is 30.2. The van der Waals surface area contributed by atoms with Crippen molar-refractivity contribution in [1.29, 1.82) is 0 Å². The number of carbonyl (C=O) groups is 4. The number of carboxylic acid groups (broad SMARTS) is 1. The molecule has 2 heterocycles. The van der Waals surface area contributed by atoms with Crippen molar-refractivity contribution in [3.05, 3.63) is 65.2 Å². The standard InChI is InChI=1S/C27H32N4O8S2/c1-30(2)20(15-41-4)26(29)24(36)39-31-27(26,25(28,12-13-40-3)23(35)38-31)37-19-7-5-6-18(14-19)21(32)16-8-10-17(11-9-16)22(33)34/h5-11,14,20H,12-13,15,28-29H2,1-4H3,(H,33,34). The average molecular weight is 605 g/mol. The zero-order valence-electron chi connectivity index (χ0n) is 23.0.